The second kappa shape index (κ2) is 5.04. The van der Waals surface area contributed by atoms with Crippen molar-refractivity contribution in [2.45, 2.75) is 13.8 Å². The molecule has 2 aromatic rings. The number of ketones is 1. The Bertz CT molecular complexity index is 568. The Morgan fingerprint density at radius 2 is 1.88 bits per heavy atom. The predicted molar refractivity (Wildman–Crippen MR) is 79.1 cm³/mol. The molecule has 0 aliphatic heterocycles. The van der Waals surface area contributed by atoms with Gasteiger partial charge < -0.3 is 0 Å². The molecule has 1 heterocycles. The zero-order chi connectivity index (χ0) is 12.6. The SMILES string of the molecule is Cc1sc(C(=O)c2cccc(Br)c2C)cc1Br. The van der Waals surface area contributed by atoms with E-state index < -0.39 is 0 Å². The highest BCUT2D eigenvalue weighted by molar-refractivity contribution is 9.10. The maximum Gasteiger partial charge on any atom is 0.203 e. The second-order valence-corrected chi connectivity index (χ2v) is 6.72. The zero-order valence-corrected chi connectivity index (χ0v) is 13.4. The predicted octanol–water partition coefficient (Wildman–Crippen LogP) is 5.12. The Labute approximate surface area is 121 Å². The van der Waals surface area contributed by atoms with Crippen molar-refractivity contribution >= 4 is 49.0 Å². The maximum atomic E-state index is 12.4. The molecule has 2 rings (SSSR count). The Hall–Kier alpha value is -0.450. The summed E-state index contributed by atoms with van der Waals surface area (Å²) in [7, 11) is 0. The normalized spacial score (nSPS) is 10.6. The first-order chi connectivity index (χ1) is 8.00. The van der Waals surface area contributed by atoms with Crippen molar-refractivity contribution in [3.8, 4) is 0 Å². The van der Waals surface area contributed by atoms with Crippen molar-refractivity contribution in [1.82, 2.24) is 0 Å². The molecule has 0 saturated carbocycles. The monoisotopic (exact) mass is 372 g/mol. The number of carbonyl (C=O) groups is 1. The van der Waals surface area contributed by atoms with Crippen molar-refractivity contribution in [2.24, 2.45) is 0 Å². The summed E-state index contributed by atoms with van der Waals surface area (Å²) < 4.78 is 1.97. The van der Waals surface area contributed by atoms with Gasteiger partial charge in [-0.3, -0.25) is 4.79 Å². The van der Waals surface area contributed by atoms with Gasteiger partial charge in [-0.05, 0) is 47.5 Å². The van der Waals surface area contributed by atoms with Gasteiger partial charge in [-0.2, -0.15) is 0 Å². The van der Waals surface area contributed by atoms with Crippen molar-refractivity contribution in [3.63, 3.8) is 0 Å². The van der Waals surface area contributed by atoms with Gasteiger partial charge in [-0.1, -0.05) is 28.1 Å². The van der Waals surface area contributed by atoms with Crippen molar-refractivity contribution in [3.05, 3.63) is 54.1 Å². The van der Waals surface area contributed by atoms with Crippen LogP contribution in [0.4, 0.5) is 0 Å². The lowest BCUT2D eigenvalue weighted by Crippen LogP contribution is -2.01. The Morgan fingerprint density at radius 1 is 1.18 bits per heavy atom. The smallest absolute Gasteiger partial charge is 0.203 e. The topological polar surface area (TPSA) is 17.1 Å². The van der Waals surface area contributed by atoms with E-state index in [2.05, 4.69) is 31.9 Å². The van der Waals surface area contributed by atoms with Crippen molar-refractivity contribution < 1.29 is 4.79 Å². The summed E-state index contributed by atoms with van der Waals surface area (Å²) in [5.74, 6) is 0.0857. The van der Waals surface area contributed by atoms with Crippen LogP contribution in [0, 0.1) is 13.8 Å². The lowest BCUT2D eigenvalue weighted by molar-refractivity contribution is 0.104. The molecule has 0 saturated heterocycles. The number of carbonyl (C=O) groups excluding carboxylic acids is 1. The molecule has 0 radical (unpaired) electrons. The van der Waals surface area contributed by atoms with Gasteiger partial charge in [0.1, 0.15) is 0 Å². The maximum absolute atomic E-state index is 12.4. The van der Waals surface area contributed by atoms with E-state index in [9.17, 15) is 4.79 Å². The van der Waals surface area contributed by atoms with Crippen LogP contribution >= 0.6 is 43.2 Å². The van der Waals surface area contributed by atoms with Crippen LogP contribution in [-0.4, -0.2) is 5.78 Å². The van der Waals surface area contributed by atoms with Crippen LogP contribution in [-0.2, 0) is 0 Å². The molecule has 0 amide bonds. The van der Waals surface area contributed by atoms with E-state index >= 15 is 0 Å². The summed E-state index contributed by atoms with van der Waals surface area (Å²) in [4.78, 5) is 14.3. The minimum atomic E-state index is 0.0857. The molecule has 0 spiro atoms. The highest BCUT2D eigenvalue weighted by Gasteiger charge is 2.16. The molecule has 1 aromatic carbocycles. The van der Waals surface area contributed by atoms with Crippen LogP contribution in [0.2, 0.25) is 0 Å². The molecular weight excluding hydrogens is 364 g/mol. The Morgan fingerprint density at radius 3 is 2.47 bits per heavy atom. The molecule has 0 atom stereocenters. The molecule has 1 aromatic heterocycles. The summed E-state index contributed by atoms with van der Waals surface area (Å²) in [6, 6.07) is 7.59. The molecular formula is C13H10Br2OS. The Balaban J connectivity index is 2.47. The second-order valence-electron chi connectivity index (χ2n) is 3.76. The summed E-state index contributed by atoms with van der Waals surface area (Å²) in [5.41, 5.74) is 1.74. The van der Waals surface area contributed by atoms with Crippen LogP contribution in [0.25, 0.3) is 0 Å². The highest BCUT2D eigenvalue weighted by Crippen LogP contribution is 2.29. The fourth-order valence-corrected chi connectivity index (χ4v) is 3.41. The summed E-state index contributed by atoms with van der Waals surface area (Å²) >= 11 is 8.41. The average molecular weight is 374 g/mol. The van der Waals surface area contributed by atoms with Crippen molar-refractivity contribution in [2.75, 3.05) is 0 Å². The van der Waals surface area contributed by atoms with Crippen LogP contribution in [0.5, 0.6) is 0 Å². The first-order valence-corrected chi connectivity index (χ1v) is 7.46. The number of benzene rings is 1. The van der Waals surface area contributed by atoms with E-state index in [1.54, 1.807) is 0 Å². The minimum absolute atomic E-state index is 0.0857. The fraction of sp³-hybridized carbons (Fsp3) is 0.154. The standard InChI is InChI=1S/C13H10Br2OS/c1-7-9(4-3-5-10(7)14)13(16)12-6-11(15)8(2)17-12/h3-6H,1-2H3. The third-order valence-electron chi connectivity index (χ3n) is 2.59. The van der Waals surface area contributed by atoms with Gasteiger partial charge >= 0.3 is 0 Å². The Kier molecular flexibility index (Phi) is 3.85. The molecule has 88 valence electrons. The van der Waals surface area contributed by atoms with Gasteiger partial charge in [0.25, 0.3) is 0 Å². The van der Waals surface area contributed by atoms with E-state index in [1.165, 1.54) is 11.3 Å². The zero-order valence-electron chi connectivity index (χ0n) is 9.38. The third kappa shape index (κ3) is 2.54. The molecule has 0 aliphatic carbocycles. The van der Waals surface area contributed by atoms with E-state index in [1.807, 2.05) is 38.1 Å². The lowest BCUT2D eigenvalue weighted by Gasteiger charge is -2.04. The molecule has 0 aliphatic rings. The number of rotatable bonds is 2. The lowest BCUT2D eigenvalue weighted by atomic mass is 10.0. The van der Waals surface area contributed by atoms with Crippen LogP contribution in [0.3, 0.4) is 0 Å². The largest absolute Gasteiger partial charge is 0.288 e. The molecule has 17 heavy (non-hydrogen) atoms. The number of halogens is 2. The minimum Gasteiger partial charge on any atom is -0.288 e. The molecule has 0 N–H and O–H groups in total. The van der Waals surface area contributed by atoms with E-state index in [0.29, 0.717) is 0 Å². The van der Waals surface area contributed by atoms with E-state index in [-0.39, 0.29) is 5.78 Å². The van der Waals surface area contributed by atoms with Gasteiger partial charge in [-0.25, -0.2) is 0 Å². The average Bonchev–Trinajstić information content (AvgIpc) is 2.62. The molecule has 0 unspecified atom stereocenters. The quantitative estimate of drug-likeness (QED) is 0.667. The summed E-state index contributed by atoms with van der Waals surface area (Å²) in [6.45, 7) is 3.95. The number of hydrogen-bond acceptors (Lipinski definition) is 2. The van der Waals surface area contributed by atoms with Gasteiger partial charge in [0.15, 0.2) is 0 Å². The number of aryl methyl sites for hydroxylation is 1. The molecule has 1 nitrogen and oxygen atoms in total. The third-order valence-corrected chi connectivity index (χ3v) is 5.59. The summed E-state index contributed by atoms with van der Waals surface area (Å²) in [6.07, 6.45) is 0. The first-order valence-electron chi connectivity index (χ1n) is 5.06. The van der Waals surface area contributed by atoms with Crippen LogP contribution in [0.1, 0.15) is 25.7 Å². The van der Waals surface area contributed by atoms with Crippen LogP contribution < -0.4 is 0 Å². The van der Waals surface area contributed by atoms with Gasteiger partial charge in [0, 0.05) is 19.4 Å². The molecule has 0 fully saturated rings. The van der Waals surface area contributed by atoms with Gasteiger partial charge in [0.2, 0.25) is 5.78 Å². The molecule has 0 bridgehead atoms. The molecule has 4 heteroatoms. The first kappa shape index (κ1) is 13.0. The van der Waals surface area contributed by atoms with Crippen molar-refractivity contribution in [1.29, 1.82) is 0 Å². The van der Waals surface area contributed by atoms with Gasteiger partial charge in [0.05, 0.1) is 4.88 Å². The van der Waals surface area contributed by atoms with E-state index in [0.717, 1.165) is 29.8 Å². The summed E-state index contributed by atoms with van der Waals surface area (Å²) in [5, 5.41) is 0. The van der Waals surface area contributed by atoms with Crippen LogP contribution in [0.15, 0.2) is 33.2 Å². The number of hydrogen-bond donors (Lipinski definition) is 0. The van der Waals surface area contributed by atoms with E-state index in [4.69, 9.17) is 0 Å². The van der Waals surface area contributed by atoms with Gasteiger partial charge in [-0.15, -0.1) is 11.3 Å². The highest BCUT2D eigenvalue weighted by atomic mass is 79.9. The fourth-order valence-electron chi connectivity index (χ4n) is 1.56. The number of thiophene rings is 1.